The molecule has 0 bridgehead atoms. The topological polar surface area (TPSA) is 57.8 Å². The Hall–Kier alpha value is -3.40. The van der Waals surface area contributed by atoms with Gasteiger partial charge in [0.15, 0.2) is 0 Å². The maximum atomic E-state index is 13.2. The molecule has 2 unspecified atom stereocenters. The van der Waals surface area contributed by atoms with E-state index in [2.05, 4.69) is 23.3 Å². The number of hydrogen-bond acceptors (Lipinski definition) is 2. The fraction of sp³-hybridized carbons (Fsp3) is 0.200. The van der Waals surface area contributed by atoms with Crippen LogP contribution in [0.2, 0.25) is 0 Å². The smallest absolute Gasteiger partial charge is 0.228 e. The van der Waals surface area contributed by atoms with Gasteiger partial charge in [-0.25, -0.2) is 4.98 Å². The fourth-order valence-electron chi connectivity index (χ4n) is 3.74. The minimum Gasteiger partial charge on any atom is -0.342 e. The predicted molar refractivity (Wildman–Crippen MR) is 117 cm³/mol. The summed E-state index contributed by atoms with van der Waals surface area (Å²) in [5, 5.41) is 3.24. The van der Waals surface area contributed by atoms with Gasteiger partial charge in [0.25, 0.3) is 0 Å². The van der Waals surface area contributed by atoms with E-state index in [1.54, 1.807) is 0 Å². The van der Waals surface area contributed by atoms with E-state index in [-0.39, 0.29) is 17.9 Å². The van der Waals surface area contributed by atoms with Crippen molar-refractivity contribution in [3.05, 3.63) is 101 Å². The maximum Gasteiger partial charge on any atom is 0.228 e. The number of carbonyl (C=O) groups is 1. The van der Waals surface area contributed by atoms with E-state index in [4.69, 9.17) is 4.98 Å². The average molecular weight is 383 g/mol. The van der Waals surface area contributed by atoms with Crippen molar-refractivity contribution in [3.63, 3.8) is 0 Å². The number of rotatable bonds is 6. The summed E-state index contributed by atoms with van der Waals surface area (Å²) < 4.78 is 0. The number of carbonyl (C=O) groups excluding carboxylic acids is 1. The second-order valence-electron chi connectivity index (χ2n) is 7.37. The summed E-state index contributed by atoms with van der Waals surface area (Å²) in [5.41, 5.74) is 5.07. The molecule has 0 aliphatic rings. The lowest BCUT2D eigenvalue weighted by molar-refractivity contribution is -0.123. The lowest BCUT2D eigenvalue weighted by atomic mass is 9.94. The highest BCUT2D eigenvalue weighted by molar-refractivity contribution is 5.84. The Morgan fingerprint density at radius 3 is 2.28 bits per heavy atom. The molecule has 0 spiro atoms. The molecule has 4 heteroatoms. The number of imidazole rings is 1. The lowest BCUT2D eigenvalue weighted by Crippen LogP contribution is -2.34. The summed E-state index contributed by atoms with van der Waals surface area (Å²) in [6.45, 7) is 4.10. The van der Waals surface area contributed by atoms with Crippen LogP contribution in [-0.4, -0.2) is 15.9 Å². The molecule has 2 N–H and O–H groups in total. The van der Waals surface area contributed by atoms with Crippen molar-refractivity contribution in [2.24, 2.45) is 0 Å². The van der Waals surface area contributed by atoms with Gasteiger partial charge in [0.2, 0.25) is 5.91 Å². The molecule has 0 radical (unpaired) electrons. The van der Waals surface area contributed by atoms with Gasteiger partial charge in [-0.05, 0) is 42.2 Å². The van der Waals surface area contributed by atoms with Crippen molar-refractivity contribution >= 4 is 16.9 Å². The number of aromatic amines is 1. The van der Waals surface area contributed by atoms with Gasteiger partial charge in [0.05, 0.1) is 17.0 Å². The number of hydrogen-bond donors (Lipinski definition) is 2. The molecule has 2 atom stereocenters. The van der Waals surface area contributed by atoms with Crippen molar-refractivity contribution < 1.29 is 4.79 Å². The quantitative estimate of drug-likeness (QED) is 0.476. The van der Waals surface area contributed by atoms with Gasteiger partial charge < -0.3 is 10.3 Å². The number of aryl methyl sites for hydroxylation is 1. The van der Waals surface area contributed by atoms with Crippen LogP contribution in [0, 0.1) is 6.92 Å². The normalized spacial score (nSPS) is 13.2. The van der Waals surface area contributed by atoms with Crippen LogP contribution in [0.3, 0.4) is 0 Å². The van der Waals surface area contributed by atoms with E-state index in [1.807, 2.05) is 79.7 Å². The molecular weight excluding hydrogens is 358 g/mol. The first-order valence-corrected chi connectivity index (χ1v) is 10.0. The monoisotopic (exact) mass is 383 g/mol. The lowest BCUT2D eigenvalue weighted by Gasteiger charge is -2.21. The van der Waals surface area contributed by atoms with Crippen molar-refractivity contribution in [1.29, 1.82) is 0 Å². The Morgan fingerprint density at radius 2 is 1.62 bits per heavy atom. The molecule has 1 aromatic heterocycles. The minimum absolute atomic E-state index is 0.00388. The van der Waals surface area contributed by atoms with E-state index in [0.717, 1.165) is 34.4 Å². The van der Waals surface area contributed by atoms with Crippen molar-refractivity contribution in [1.82, 2.24) is 15.3 Å². The molecule has 0 aliphatic heterocycles. The Kier molecular flexibility index (Phi) is 5.43. The van der Waals surface area contributed by atoms with Gasteiger partial charge in [-0.3, -0.25) is 4.79 Å². The molecule has 3 aromatic carbocycles. The summed E-state index contributed by atoms with van der Waals surface area (Å²) in [6.07, 6.45) is 0.733. The van der Waals surface area contributed by atoms with E-state index >= 15 is 0 Å². The van der Waals surface area contributed by atoms with Gasteiger partial charge in [0, 0.05) is 0 Å². The van der Waals surface area contributed by atoms with E-state index in [9.17, 15) is 4.79 Å². The predicted octanol–water partition coefficient (Wildman–Crippen LogP) is 5.27. The zero-order chi connectivity index (χ0) is 20.2. The summed E-state index contributed by atoms with van der Waals surface area (Å²) >= 11 is 0. The number of nitrogens with one attached hydrogen (secondary N) is 2. The zero-order valence-electron chi connectivity index (χ0n) is 16.7. The number of amides is 1. The van der Waals surface area contributed by atoms with Crippen molar-refractivity contribution in [3.8, 4) is 0 Å². The molecule has 146 valence electrons. The first-order chi connectivity index (χ1) is 14.2. The molecule has 1 heterocycles. The SMILES string of the molecule is CCC(C(=O)NC(c1ccccc1)c1nc2ccc(C)cc2[nH]1)c1ccccc1. The van der Waals surface area contributed by atoms with Crippen LogP contribution in [0.15, 0.2) is 78.9 Å². The summed E-state index contributed by atoms with van der Waals surface area (Å²) in [7, 11) is 0. The molecule has 0 fully saturated rings. The van der Waals surface area contributed by atoms with Crippen LogP contribution in [0.1, 0.15) is 47.8 Å². The van der Waals surface area contributed by atoms with Crippen molar-refractivity contribution in [2.75, 3.05) is 0 Å². The number of H-pyrrole nitrogens is 1. The summed E-state index contributed by atoms with van der Waals surface area (Å²) in [5.74, 6) is 0.547. The number of fused-ring (bicyclic) bond motifs is 1. The van der Waals surface area contributed by atoms with Gasteiger partial charge >= 0.3 is 0 Å². The molecular formula is C25H25N3O. The number of aromatic nitrogens is 2. The average Bonchev–Trinajstić information content (AvgIpc) is 3.17. The Labute approximate surface area is 171 Å². The standard InChI is InChI=1S/C25H25N3O/c1-3-20(18-10-6-4-7-11-18)25(29)28-23(19-12-8-5-9-13-19)24-26-21-15-14-17(2)16-22(21)27-24/h4-16,20,23H,3H2,1-2H3,(H,26,27)(H,28,29). The zero-order valence-corrected chi connectivity index (χ0v) is 16.7. The Morgan fingerprint density at radius 1 is 0.966 bits per heavy atom. The van der Waals surface area contributed by atoms with Crippen LogP contribution in [-0.2, 0) is 4.79 Å². The van der Waals surface area contributed by atoms with Gasteiger partial charge in [-0.1, -0.05) is 73.7 Å². The van der Waals surface area contributed by atoms with Gasteiger partial charge in [-0.2, -0.15) is 0 Å². The fourth-order valence-corrected chi connectivity index (χ4v) is 3.74. The highest BCUT2D eigenvalue weighted by Gasteiger charge is 2.25. The Bertz CT molecular complexity index is 1100. The first kappa shape index (κ1) is 18.9. The molecule has 4 nitrogen and oxygen atoms in total. The molecule has 0 saturated carbocycles. The van der Waals surface area contributed by atoms with E-state index in [1.165, 1.54) is 5.56 Å². The van der Waals surface area contributed by atoms with Gasteiger partial charge in [-0.15, -0.1) is 0 Å². The highest BCUT2D eigenvalue weighted by atomic mass is 16.2. The molecule has 4 aromatic rings. The van der Waals surface area contributed by atoms with E-state index in [0.29, 0.717) is 0 Å². The van der Waals surface area contributed by atoms with Crippen LogP contribution >= 0.6 is 0 Å². The van der Waals surface area contributed by atoms with E-state index < -0.39 is 0 Å². The largest absolute Gasteiger partial charge is 0.342 e. The highest BCUT2D eigenvalue weighted by Crippen LogP contribution is 2.26. The minimum atomic E-state index is -0.339. The molecule has 4 rings (SSSR count). The molecule has 29 heavy (non-hydrogen) atoms. The van der Waals surface area contributed by atoms with Crippen LogP contribution in [0.5, 0.6) is 0 Å². The molecule has 0 aliphatic carbocycles. The second-order valence-corrected chi connectivity index (χ2v) is 7.37. The first-order valence-electron chi connectivity index (χ1n) is 10.0. The second kappa shape index (κ2) is 8.31. The van der Waals surface area contributed by atoms with Crippen LogP contribution < -0.4 is 5.32 Å². The van der Waals surface area contributed by atoms with Gasteiger partial charge in [0.1, 0.15) is 11.9 Å². The third kappa shape index (κ3) is 4.06. The number of benzene rings is 3. The summed E-state index contributed by atoms with van der Waals surface area (Å²) in [4.78, 5) is 21.4. The third-order valence-corrected chi connectivity index (χ3v) is 5.28. The number of nitrogens with zero attached hydrogens (tertiary/aromatic N) is 1. The maximum absolute atomic E-state index is 13.2. The Balaban J connectivity index is 1.70. The summed E-state index contributed by atoms with van der Waals surface area (Å²) in [6, 6.07) is 25.7. The molecule has 0 saturated heterocycles. The van der Waals surface area contributed by atoms with Crippen molar-refractivity contribution in [2.45, 2.75) is 32.2 Å². The van der Waals surface area contributed by atoms with Crippen LogP contribution in [0.25, 0.3) is 11.0 Å². The molecule has 1 amide bonds. The third-order valence-electron chi connectivity index (χ3n) is 5.28. The van der Waals surface area contributed by atoms with Crippen LogP contribution in [0.4, 0.5) is 0 Å².